The normalized spacial score (nSPS) is 17.3. The Kier molecular flexibility index (Phi) is 7.35. The quantitative estimate of drug-likeness (QED) is 0.398. The maximum Gasteiger partial charge on any atom is 0.119 e. The van der Waals surface area contributed by atoms with E-state index in [1.54, 1.807) is 0 Å². The first-order valence-corrected chi connectivity index (χ1v) is 12.9. The summed E-state index contributed by atoms with van der Waals surface area (Å²) in [4.78, 5) is 7.48. The number of piperidine rings is 1. The van der Waals surface area contributed by atoms with Gasteiger partial charge in [0.2, 0.25) is 0 Å². The molecule has 2 fully saturated rings. The van der Waals surface area contributed by atoms with Crippen LogP contribution in [0.15, 0.2) is 78.9 Å². The summed E-state index contributed by atoms with van der Waals surface area (Å²) in [6, 6.07) is 28.3. The molecule has 4 nitrogen and oxygen atoms in total. The summed E-state index contributed by atoms with van der Waals surface area (Å²) < 4.78 is 6.31. The average Bonchev–Trinajstić information content (AvgIpc) is 3.40. The Morgan fingerprint density at radius 3 is 1.91 bits per heavy atom. The lowest BCUT2D eigenvalue weighted by molar-refractivity contribution is 0.0998. The highest BCUT2D eigenvalue weighted by atomic mass is 16.5. The van der Waals surface area contributed by atoms with Gasteiger partial charge in [-0.15, -0.1) is 0 Å². The smallest absolute Gasteiger partial charge is 0.119 e. The molecule has 0 bridgehead atoms. The van der Waals surface area contributed by atoms with Crippen LogP contribution in [0.2, 0.25) is 0 Å². The molecular weight excluding hydrogens is 418 g/mol. The zero-order valence-electron chi connectivity index (χ0n) is 20.4. The first-order chi connectivity index (χ1) is 16.8. The molecule has 2 saturated heterocycles. The molecule has 2 heterocycles. The molecule has 0 aliphatic carbocycles. The molecule has 0 spiro atoms. The van der Waals surface area contributed by atoms with Gasteiger partial charge in [0.25, 0.3) is 0 Å². The fourth-order valence-corrected chi connectivity index (χ4v) is 5.07. The number of nitrogens with zero attached hydrogens (tertiary/aromatic N) is 3. The Labute approximate surface area is 204 Å². The van der Waals surface area contributed by atoms with Gasteiger partial charge in [-0.3, -0.25) is 0 Å². The van der Waals surface area contributed by atoms with Gasteiger partial charge in [0.1, 0.15) is 11.9 Å². The molecule has 2 aliphatic heterocycles. The molecule has 3 aromatic rings. The molecule has 0 unspecified atom stereocenters. The molecule has 2 aliphatic rings. The van der Waals surface area contributed by atoms with Crippen LogP contribution in [-0.2, 0) is 0 Å². The lowest BCUT2D eigenvalue weighted by Crippen LogP contribution is -2.38. The number of benzene rings is 3. The molecule has 34 heavy (non-hydrogen) atoms. The highest BCUT2D eigenvalue weighted by Crippen LogP contribution is 2.28. The average molecular weight is 456 g/mol. The van der Waals surface area contributed by atoms with Crippen molar-refractivity contribution in [1.29, 1.82) is 0 Å². The third-order valence-corrected chi connectivity index (χ3v) is 7.19. The van der Waals surface area contributed by atoms with Crippen molar-refractivity contribution in [2.75, 3.05) is 49.2 Å². The van der Waals surface area contributed by atoms with E-state index < -0.39 is 0 Å². The maximum absolute atomic E-state index is 6.31. The number of ether oxygens (including phenoxy) is 1. The summed E-state index contributed by atoms with van der Waals surface area (Å²) in [5.41, 5.74) is 5.08. The van der Waals surface area contributed by atoms with Crippen LogP contribution in [0.5, 0.6) is 5.75 Å². The molecule has 5 rings (SSSR count). The maximum atomic E-state index is 6.31. The van der Waals surface area contributed by atoms with Gasteiger partial charge >= 0.3 is 0 Å². The molecule has 4 heteroatoms. The third-order valence-electron chi connectivity index (χ3n) is 7.19. The molecule has 178 valence electrons. The second kappa shape index (κ2) is 11.0. The fourth-order valence-electron chi connectivity index (χ4n) is 5.07. The lowest BCUT2D eigenvalue weighted by Gasteiger charge is -2.32. The van der Waals surface area contributed by atoms with Crippen molar-refractivity contribution in [3.63, 3.8) is 0 Å². The summed E-state index contributed by atoms with van der Waals surface area (Å²) >= 11 is 0. The molecule has 0 radical (unpaired) electrons. The van der Waals surface area contributed by atoms with Gasteiger partial charge in [-0.2, -0.15) is 0 Å². The number of hydrogen-bond acceptors (Lipinski definition) is 4. The Morgan fingerprint density at radius 2 is 1.29 bits per heavy atom. The minimum Gasteiger partial charge on any atom is -0.490 e. The van der Waals surface area contributed by atoms with E-state index in [-0.39, 0.29) is 0 Å². The predicted molar refractivity (Wildman–Crippen MR) is 143 cm³/mol. The van der Waals surface area contributed by atoms with E-state index in [0.29, 0.717) is 6.10 Å². The number of unbranched alkanes of at least 4 members (excludes halogenated alkanes) is 1. The third kappa shape index (κ3) is 5.56. The van der Waals surface area contributed by atoms with Crippen molar-refractivity contribution in [2.45, 2.75) is 38.7 Å². The van der Waals surface area contributed by atoms with Gasteiger partial charge in [0.05, 0.1) is 6.67 Å². The lowest BCUT2D eigenvalue weighted by atomic mass is 10.1. The van der Waals surface area contributed by atoms with E-state index >= 15 is 0 Å². The summed E-state index contributed by atoms with van der Waals surface area (Å²) in [6.45, 7) is 8.83. The van der Waals surface area contributed by atoms with E-state index in [1.807, 2.05) is 0 Å². The molecule has 0 saturated carbocycles. The minimum atomic E-state index is 0.352. The molecule has 0 atom stereocenters. The van der Waals surface area contributed by atoms with Gasteiger partial charge < -0.3 is 19.4 Å². The summed E-state index contributed by atoms with van der Waals surface area (Å²) in [5.74, 6) is 1.00. The van der Waals surface area contributed by atoms with Crippen molar-refractivity contribution < 1.29 is 4.74 Å². The first kappa shape index (κ1) is 22.8. The van der Waals surface area contributed by atoms with Crippen LogP contribution < -0.4 is 14.5 Å². The van der Waals surface area contributed by atoms with E-state index in [9.17, 15) is 0 Å². The van der Waals surface area contributed by atoms with Crippen molar-refractivity contribution in [3.8, 4) is 16.9 Å². The van der Waals surface area contributed by atoms with Crippen molar-refractivity contribution in [1.82, 2.24) is 4.90 Å². The van der Waals surface area contributed by atoms with Crippen LogP contribution in [0, 0.1) is 0 Å². The summed E-state index contributed by atoms with van der Waals surface area (Å²) in [6.07, 6.45) is 5.20. The molecular formula is C30H37N3O. The second-order valence-corrected chi connectivity index (χ2v) is 9.59. The van der Waals surface area contributed by atoms with Crippen LogP contribution in [0.4, 0.5) is 11.4 Å². The van der Waals surface area contributed by atoms with Crippen molar-refractivity contribution in [2.24, 2.45) is 0 Å². The van der Waals surface area contributed by atoms with Gasteiger partial charge in [-0.25, -0.2) is 0 Å². The number of likely N-dealkylation sites (tertiary alicyclic amines) is 1. The number of hydrogen-bond donors (Lipinski definition) is 0. The Bertz CT molecular complexity index is 1010. The summed E-state index contributed by atoms with van der Waals surface area (Å²) in [7, 11) is 0. The second-order valence-electron chi connectivity index (χ2n) is 9.59. The van der Waals surface area contributed by atoms with E-state index in [0.717, 1.165) is 38.3 Å². The summed E-state index contributed by atoms with van der Waals surface area (Å²) in [5, 5.41) is 0. The zero-order valence-corrected chi connectivity index (χ0v) is 20.4. The first-order valence-electron chi connectivity index (χ1n) is 12.9. The van der Waals surface area contributed by atoms with Gasteiger partial charge in [0, 0.05) is 37.6 Å². The molecule has 0 aromatic heterocycles. The van der Waals surface area contributed by atoms with E-state index in [1.165, 1.54) is 55.0 Å². The van der Waals surface area contributed by atoms with Crippen LogP contribution in [0.1, 0.15) is 32.6 Å². The fraction of sp³-hybridized carbons (Fsp3) is 0.400. The van der Waals surface area contributed by atoms with Crippen LogP contribution in [0.25, 0.3) is 11.1 Å². The topological polar surface area (TPSA) is 19.0 Å². The minimum absolute atomic E-state index is 0.352. The van der Waals surface area contributed by atoms with E-state index in [2.05, 4.69) is 100 Å². The van der Waals surface area contributed by atoms with E-state index in [4.69, 9.17) is 4.74 Å². The standard InChI is InChI=1S/C30H37N3O/c1-2-3-19-31-20-17-30(18-21-31)34-29-15-13-28(14-16-29)33-23-22-32(24-33)27-11-9-26(10-12-27)25-7-5-4-6-8-25/h4-16,30H,2-3,17-24H2,1H3. The highest BCUT2D eigenvalue weighted by Gasteiger charge is 2.22. The van der Waals surface area contributed by atoms with Crippen molar-refractivity contribution in [3.05, 3.63) is 78.9 Å². The predicted octanol–water partition coefficient (Wildman–Crippen LogP) is 6.28. The van der Waals surface area contributed by atoms with Gasteiger partial charge in [0.15, 0.2) is 0 Å². The van der Waals surface area contributed by atoms with Crippen molar-refractivity contribution >= 4 is 11.4 Å². The van der Waals surface area contributed by atoms with Gasteiger partial charge in [-0.1, -0.05) is 55.8 Å². The highest BCUT2D eigenvalue weighted by molar-refractivity contribution is 5.67. The SMILES string of the molecule is CCCCN1CCC(Oc2ccc(N3CCN(c4ccc(-c5ccccc5)cc4)C3)cc2)CC1. The van der Waals surface area contributed by atoms with Crippen LogP contribution >= 0.6 is 0 Å². The largest absolute Gasteiger partial charge is 0.490 e. The Balaban J connectivity index is 1.13. The van der Waals surface area contributed by atoms with Crippen LogP contribution in [0.3, 0.4) is 0 Å². The molecule has 0 amide bonds. The van der Waals surface area contributed by atoms with Crippen LogP contribution in [-0.4, -0.2) is 50.4 Å². The molecule has 3 aromatic carbocycles. The number of rotatable bonds is 8. The molecule has 0 N–H and O–H groups in total. The number of anilines is 2. The monoisotopic (exact) mass is 455 g/mol. The Hall–Kier alpha value is -2.98. The van der Waals surface area contributed by atoms with Gasteiger partial charge in [-0.05, 0) is 73.3 Å². The zero-order chi connectivity index (χ0) is 23.2. The Morgan fingerprint density at radius 1 is 0.706 bits per heavy atom.